The van der Waals surface area contributed by atoms with Gasteiger partial charge in [-0.15, -0.1) is 0 Å². The predicted molar refractivity (Wildman–Crippen MR) is 58.1 cm³/mol. The molecule has 86 valence electrons. The van der Waals surface area contributed by atoms with Gasteiger partial charge in [-0.1, -0.05) is 11.8 Å². The van der Waals surface area contributed by atoms with Gasteiger partial charge in [-0.3, -0.25) is 0 Å². The van der Waals surface area contributed by atoms with Crippen LogP contribution >= 0.6 is 0 Å². The van der Waals surface area contributed by atoms with Gasteiger partial charge >= 0.3 is 5.69 Å². The van der Waals surface area contributed by atoms with Crippen LogP contribution in [-0.2, 0) is 0 Å². The average molecular weight is 233 g/mol. The van der Waals surface area contributed by atoms with Gasteiger partial charge in [0.2, 0.25) is 0 Å². The summed E-state index contributed by atoms with van der Waals surface area (Å²) >= 11 is 0. The minimum atomic E-state index is -0.585. The molecule has 1 aromatic carbocycles. The molecule has 0 amide bonds. The Morgan fingerprint density at radius 2 is 2.35 bits per heavy atom. The molecule has 2 rings (SSSR count). The topological polar surface area (TPSA) is 70.9 Å². The fourth-order valence-electron chi connectivity index (χ4n) is 1.34. The van der Waals surface area contributed by atoms with Gasteiger partial charge in [-0.25, -0.2) is 18.9 Å². The van der Waals surface area contributed by atoms with E-state index in [4.69, 9.17) is 5.11 Å². The molecule has 0 aliphatic rings. The molecule has 0 fully saturated rings. The van der Waals surface area contributed by atoms with Gasteiger partial charge in [-0.05, 0) is 18.2 Å². The summed E-state index contributed by atoms with van der Waals surface area (Å²) in [7, 11) is 0. The third kappa shape index (κ3) is 2.24. The molecule has 1 heterocycles. The highest BCUT2D eigenvalue weighted by Crippen LogP contribution is 2.12. The van der Waals surface area contributed by atoms with Crippen molar-refractivity contribution in [1.82, 2.24) is 14.8 Å². The molecule has 0 aliphatic carbocycles. The molecule has 0 saturated carbocycles. The van der Waals surface area contributed by atoms with Gasteiger partial charge in [0.25, 0.3) is 0 Å². The Morgan fingerprint density at radius 1 is 1.53 bits per heavy atom. The van der Waals surface area contributed by atoms with Crippen LogP contribution in [-0.4, -0.2) is 26.5 Å². The molecule has 6 heteroatoms. The normalized spacial score (nSPS) is 9.76. The zero-order chi connectivity index (χ0) is 12.3. The van der Waals surface area contributed by atoms with Crippen LogP contribution in [0.2, 0.25) is 0 Å². The lowest BCUT2D eigenvalue weighted by molar-refractivity contribution is 0.350. The van der Waals surface area contributed by atoms with E-state index < -0.39 is 11.5 Å². The number of halogens is 1. The quantitative estimate of drug-likeness (QED) is 0.683. The fraction of sp³-hybridized carbons (Fsp3) is 0.0909. The predicted octanol–water partition coefficient (Wildman–Crippen LogP) is 0.0435. The first kappa shape index (κ1) is 11.1. The third-order valence-corrected chi connectivity index (χ3v) is 2.07. The standard InChI is InChI=1S/C11H8FN3O2/c12-9-6-8(2-1-5-16)3-4-10(9)15-7-13-14-11(15)17/h3-4,6-7,16H,5H2,(H,14,17). The number of benzene rings is 1. The lowest BCUT2D eigenvalue weighted by atomic mass is 10.2. The van der Waals surface area contributed by atoms with Crippen LogP contribution in [0.1, 0.15) is 5.56 Å². The smallest absolute Gasteiger partial charge is 0.347 e. The van der Waals surface area contributed by atoms with Crippen LogP contribution < -0.4 is 5.69 Å². The van der Waals surface area contributed by atoms with Crippen molar-refractivity contribution in [1.29, 1.82) is 0 Å². The average Bonchev–Trinajstić information content (AvgIpc) is 2.73. The zero-order valence-electron chi connectivity index (χ0n) is 8.64. The Morgan fingerprint density at radius 3 is 2.94 bits per heavy atom. The molecular formula is C11H8FN3O2. The summed E-state index contributed by atoms with van der Waals surface area (Å²) in [6.45, 7) is -0.287. The number of H-pyrrole nitrogens is 1. The second kappa shape index (κ2) is 4.63. The molecule has 0 bridgehead atoms. The van der Waals surface area contributed by atoms with E-state index in [1.54, 1.807) is 6.07 Å². The van der Waals surface area contributed by atoms with Crippen LogP contribution in [0.25, 0.3) is 5.69 Å². The van der Waals surface area contributed by atoms with E-state index in [9.17, 15) is 9.18 Å². The minimum absolute atomic E-state index is 0.0956. The first-order chi connectivity index (χ1) is 8.22. The molecule has 2 aromatic rings. The van der Waals surface area contributed by atoms with Gasteiger partial charge in [0.1, 0.15) is 18.8 Å². The van der Waals surface area contributed by atoms with Gasteiger partial charge < -0.3 is 5.11 Å². The Labute approximate surface area is 95.5 Å². The maximum Gasteiger partial charge on any atom is 0.347 e. The number of aromatic amines is 1. The van der Waals surface area contributed by atoms with Crippen molar-refractivity contribution in [3.8, 4) is 17.5 Å². The molecular weight excluding hydrogens is 225 g/mol. The van der Waals surface area contributed by atoms with E-state index in [1.807, 2.05) is 0 Å². The molecule has 0 aliphatic heterocycles. The SMILES string of the molecule is O=c1[nH]ncn1-c1ccc(C#CCO)cc1F. The highest BCUT2D eigenvalue weighted by Gasteiger charge is 2.07. The molecule has 17 heavy (non-hydrogen) atoms. The summed E-state index contributed by atoms with van der Waals surface area (Å²) in [6.07, 6.45) is 1.19. The number of hydrogen-bond acceptors (Lipinski definition) is 3. The molecule has 0 saturated heterocycles. The number of aromatic nitrogens is 3. The molecule has 0 atom stereocenters. The van der Waals surface area contributed by atoms with Crippen molar-refractivity contribution in [2.24, 2.45) is 0 Å². The summed E-state index contributed by atoms with van der Waals surface area (Å²) in [6, 6.07) is 4.17. The van der Waals surface area contributed by atoms with Gasteiger partial charge in [0.15, 0.2) is 0 Å². The third-order valence-electron chi connectivity index (χ3n) is 2.07. The largest absolute Gasteiger partial charge is 0.384 e. The second-order valence-corrected chi connectivity index (χ2v) is 3.16. The van der Waals surface area contributed by atoms with E-state index in [0.717, 1.165) is 4.57 Å². The van der Waals surface area contributed by atoms with E-state index >= 15 is 0 Å². The highest BCUT2D eigenvalue weighted by molar-refractivity contribution is 5.42. The minimum Gasteiger partial charge on any atom is -0.384 e. The summed E-state index contributed by atoms with van der Waals surface area (Å²) in [5.74, 6) is 4.40. The van der Waals surface area contributed by atoms with Crippen molar-refractivity contribution < 1.29 is 9.50 Å². The van der Waals surface area contributed by atoms with Crippen molar-refractivity contribution in [3.63, 3.8) is 0 Å². The van der Waals surface area contributed by atoms with Crippen LogP contribution in [0.5, 0.6) is 0 Å². The zero-order valence-corrected chi connectivity index (χ0v) is 8.64. The molecule has 0 spiro atoms. The number of nitrogens with zero attached hydrogens (tertiary/aromatic N) is 2. The highest BCUT2D eigenvalue weighted by atomic mass is 19.1. The van der Waals surface area contributed by atoms with Gasteiger partial charge in [-0.2, -0.15) is 5.10 Å². The van der Waals surface area contributed by atoms with E-state index in [0.29, 0.717) is 5.56 Å². The van der Waals surface area contributed by atoms with E-state index in [1.165, 1.54) is 18.5 Å². The molecule has 2 N–H and O–H groups in total. The summed E-state index contributed by atoms with van der Waals surface area (Å²) in [4.78, 5) is 11.2. The monoisotopic (exact) mass is 233 g/mol. The van der Waals surface area contributed by atoms with Crippen LogP contribution in [0.15, 0.2) is 29.3 Å². The first-order valence-corrected chi connectivity index (χ1v) is 4.74. The maximum absolute atomic E-state index is 13.7. The molecule has 5 nitrogen and oxygen atoms in total. The lowest BCUT2D eigenvalue weighted by Crippen LogP contribution is -2.15. The number of aliphatic hydroxyl groups excluding tert-OH is 1. The second-order valence-electron chi connectivity index (χ2n) is 3.16. The van der Waals surface area contributed by atoms with Crippen LogP contribution in [0, 0.1) is 17.7 Å². The Kier molecular flexibility index (Phi) is 3.03. The number of rotatable bonds is 1. The van der Waals surface area contributed by atoms with E-state index in [2.05, 4.69) is 22.0 Å². The maximum atomic E-state index is 13.7. The number of hydrogen-bond donors (Lipinski definition) is 2. The fourth-order valence-corrected chi connectivity index (χ4v) is 1.34. The number of aliphatic hydroxyl groups is 1. The van der Waals surface area contributed by atoms with Crippen molar-refractivity contribution >= 4 is 0 Å². The summed E-state index contributed by atoms with van der Waals surface area (Å²) < 4.78 is 14.7. The molecule has 0 unspecified atom stereocenters. The summed E-state index contributed by atoms with van der Waals surface area (Å²) in [5, 5.41) is 14.2. The van der Waals surface area contributed by atoms with E-state index in [-0.39, 0.29) is 12.3 Å². The first-order valence-electron chi connectivity index (χ1n) is 4.74. The molecule has 0 radical (unpaired) electrons. The Bertz CT molecular complexity index is 648. The van der Waals surface area contributed by atoms with Crippen molar-refractivity contribution in [3.05, 3.63) is 46.4 Å². The van der Waals surface area contributed by atoms with Crippen molar-refractivity contribution in [2.75, 3.05) is 6.61 Å². The molecule has 1 aromatic heterocycles. The Balaban J connectivity index is 2.46. The van der Waals surface area contributed by atoms with Gasteiger partial charge in [0.05, 0.1) is 5.69 Å². The summed E-state index contributed by atoms with van der Waals surface area (Å²) in [5.41, 5.74) is 0.00762. The Hall–Kier alpha value is -2.39. The van der Waals surface area contributed by atoms with Crippen LogP contribution in [0.3, 0.4) is 0 Å². The van der Waals surface area contributed by atoms with Gasteiger partial charge in [0, 0.05) is 5.56 Å². The number of nitrogens with one attached hydrogen (secondary N) is 1. The van der Waals surface area contributed by atoms with Crippen LogP contribution in [0.4, 0.5) is 4.39 Å². The van der Waals surface area contributed by atoms with Crippen molar-refractivity contribution in [2.45, 2.75) is 0 Å². The lowest BCUT2D eigenvalue weighted by Gasteiger charge is -2.02.